The molecule has 0 fully saturated rings. The van der Waals surface area contributed by atoms with Crippen LogP contribution in [-0.4, -0.2) is 54.3 Å². The molecule has 0 heterocycles. The van der Waals surface area contributed by atoms with Gasteiger partial charge in [0, 0.05) is 12.3 Å². The first-order chi connectivity index (χ1) is 14.8. The molecule has 0 aromatic carbocycles. The van der Waals surface area contributed by atoms with Gasteiger partial charge < -0.3 is 21.7 Å². The lowest BCUT2D eigenvalue weighted by atomic mass is 10.1. The Morgan fingerprint density at radius 2 is 1.52 bits per heavy atom. The Labute approximate surface area is 189 Å². The largest absolute Gasteiger partial charge is 0.359 e. The standard InChI is InChI=1S/C21H34N4O5S/c1-2-3-4-5-6-7-8-9-19(28)25-17(12-13-31)21(30)24-15-20(29)23-14-16(26)10-11-18(22)27/h17,31H,2-9,12-15H2,1H3,(H2,22,27)(H,23,29)(H,24,30)(H,25,28)/t17-/m0/s1. The molecular formula is C21H34N4O5S. The van der Waals surface area contributed by atoms with E-state index in [0.717, 1.165) is 19.3 Å². The van der Waals surface area contributed by atoms with Crippen molar-refractivity contribution in [3.05, 3.63) is 0 Å². The molecule has 0 unspecified atom stereocenters. The third-order valence-corrected chi connectivity index (χ3v) is 4.53. The van der Waals surface area contributed by atoms with E-state index < -0.39 is 36.1 Å². The second-order valence-electron chi connectivity index (χ2n) is 7.04. The van der Waals surface area contributed by atoms with Crippen LogP contribution in [0.3, 0.4) is 0 Å². The predicted molar refractivity (Wildman–Crippen MR) is 121 cm³/mol. The number of Topliss-reactive ketones (excluding diaryl/α,β-unsaturated/α-hetero) is 1. The molecule has 5 N–H and O–H groups in total. The maximum Gasteiger partial charge on any atom is 0.293 e. The molecule has 0 spiro atoms. The molecule has 0 aliphatic heterocycles. The minimum Gasteiger partial charge on any atom is -0.359 e. The van der Waals surface area contributed by atoms with Crippen LogP contribution in [0.4, 0.5) is 0 Å². The van der Waals surface area contributed by atoms with E-state index in [9.17, 15) is 24.0 Å². The maximum absolute atomic E-state index is 12.3. The molecule has 0 aromatic heterocycles. The minimum atomic E-state index is -0.948. The summed E-state index contributed by atoms with van der Waals surface area (Å²) in [5, 5.41) is 7.37. The van der Waals surface area contributed by atoms with Crippen molar-refractivity contribution in [3.8, 4) is 11.8 Å². The summed E-state index contributed by atoms with van der Waals surface area (Å²) in [6, 6.07) is -0.787. The Bertz CT molecular complexity index is 672. The molecule has 9 nitrogen and oxygen atoms in total. The van der Waals surface area contributed by atoms with Gasteiger partial charge in [-0.15, -0.1) is 0 Å². The molecule has 4 amide bonds. The van der Waals surface area contributed by atoms with E-state index in [2.05, 4.69) is 35.5 Å². The molecule has 0 aromatic rings. The van der Waals surface area contributed by atoms with E-state index in [0.29, 0.717) is 18.6 Å². The molecule has 31 heavy (non-hydrogen) atoms. The minimum absolute atomic E-state index is 0.210. The summed E-state index contributed by atoms with van der Waals surface area (Å²) in [5.41, 5.74) is 4.79. The van der Waals surface area contributed by atoms with Crippen LogP contribution in [0.25, 0.3) is 0 Å². The van der Waals surface area contributed by atoms with Gasteiger partial charge in [0.15, 0.2) is 0 Å². The van der Waals surface area contributed by atoms with E-state index in [1.807, 2.05) is 11.8 Å². The molecular weight excluding hydrogens is 420 g/mol. The zero-order valence-electron chi connectivity index (χ0n) is 18.1. The third-order valence-electron chi connectivity index (χ3n) is 4.27. The molecule has 0 rings (SSSR count). The number of unbranched alkanes of at least 4 members (excludes halogenated alkanes) is 6. The second kappa shape index (κ2) is 18.2. The zero-order valence-corrected chi connectivity index (χ0v) is 19.0. The number of hydrogen-bond acceptors (Lipinski definition) is 6. The van der Waals surface area contributed by atoms with Crippen molar-refractivity contribution in [2.24, 2.45) is 5.73 Å². The molecule has 0 radical (unpaired) electrons. The highest BCUT2D eigenvalue weighted by molar-refractivity contribution is 7.80. The van der Waals surface area contributed by atoms with Gasteiger partial charge in [-0.1, -0.05) is 45.4 Å². The Kier molecular flexibility index (Phi) is 16.8. The lowest BCUT2D eigenvalue weighted by Crippen LogP contribution is -2.49. The first kappa shape index (κ1) is 28.5. The van der Waals surface area contributed by atoms with Gasteiger partial charge in [0.1, 0.15) is 6.04 Å². The quantitative estimate of drug-likeness (QED) is 0.0980. The molecule has 0 bridgehead atoms. The summed E-state index contributed by atoms with van der Waals surface area (Å²) >= 11 is 4.11. The number of carbonyl (C=O) groups is 5. The molecule has 0 saturated carbocycles. The second-order valence-corrected chi connectivity index (χ2v) is 7.48. The average molecular weight is 455 g/mol. The van der Waals surface area contributed by atoms with Gasteiger partial charge in [-0.25, -0.2) is 0 Å². The summed E-state index contributed by atoms with van der Waals surface area (Å²) in [5.74, 6) is 1.26. The molecule has 174 valence electrons. The van der Waals surface area contributed by atoms with E-state index in [-0.39, 0.29) is 12.5 Å². The lowest BCUT2D eigenvalue weighted by Gasteiger charge is -2.17. The van der Waals surface area contributed by atoms with Crippen LogP contribution >= 0.6 is 12.6 Å². The first-order valence-electron chi connectivity index (χ1n) is 10.6. The van der Waals surface area contributed by atoms with Gasteiger partial charge in [-0.2, -0.15) is 12.6 Å². The fourth-order valence-corrected chi connectivity index (χ4v) is 2.87. The van der Waals surface area contributed by atoms with E-state index in [1.165, 1.54) is 25.7 Å². The smallest absolute Gasteiger partial charge is 0.293 e. The van der Waals surface area contributed by atoms with Crippen LogP contribution in [0.2, 0.25) is 0 Å². The number of ketones is 1. The molecule has 0 saturated heterocycles. The Morgan fingerprint density at radius 1 is 0.871 bits per heavy atom. The maximum atomic E-state index is 12.3. The van der Waals surface area contributed by atoms with Crippen LogP contribution < -0.4 is 21.7 Å². The molecule has 1 atom stereocenters. The number of carbonyl (C=O) groups excluding carboxylic acids is 5. The zero-order chi connectivity index (χ0) is 23.5. The summed E-state index contributed by atoms with van der Waals surface area (Å²) in [7, 11) is 0. The van der Waals surface area contributed by atoms with E-state index in [4.69, 9.17) is 5.73 Å². The molecule has 0 aliphatic carbocycles. The molecule has 0 aliphatic rings. The van der Waals surface area contributed by atoms with E-state index >= 15 is 0 Å². The van der Waals surface area contributed by atoms with Crippen LogP contribution in [0, 0.1) is 11.8 Å². The van der Waals surface area contributed by atoms with Crippen molar-refractivity contribution >= 4 is 42.0 Å². The first-order valence-corrected chi connectivity index (χ1v) is 11.2. The van der Waals surface area contributed by atoms with Crippen molar-refractivity contribution in [2.45, 2.75) is 70.8 Å². The number of nitrogens with two attached hydrogens (primary N) is 1. The number of primary amides is 1. The van der Waals surface area contributed by atoms with Gasteiger partial charge in [0.05, 0.1) is 13.1 Å². The fraction of sp³-hybridized carbons (Fsp3) is 0.667. The van der Waals surface area contributed by atoms with Gasteiger partial charge in [-0.3, -0.25) is 24.0 Å². The van der Waals surface area contributed by atoms with Crippen molar-refractivity contribution in [1.29, 1.82) is 0 Å². The number of hydrogen-bond donors (Lipinski definition) is 5. The highest BCUT2D eigenvalue weighted by Crippen LogP contribution is 2.08. The Hall–Kier alpha value is -2.54. The fourth-order valence-electron chi connectivity index (χ4n) is 2.61. The van der Waals surface area contributed by atoms with Crippen LogP contribution in [0.5, 0.6) is 0 Å². The SMILES string of the molecule is CCCCCCCCCC(=O)N[C@@H](CCS)C(=O)NCC(=O)NCC(=O)C#CC(N)=O. The van der Waals surface area contributed by atoms with E-state index in [1.54, 1.807) is 0 Å². The summed E-state index contributed by atoms with van der Waals surface area (Å²) in [6.45, 7) is 1.38. The summed E-state index contributed by atoms with van der Waals surface area (Å²) in [6.07, 6.45) is 8.33. The highest BCUT2D eigenvalue weighted by Gasteiger charge is 2.20. The van der Waals surface area contributed by atoms with Crippen molar-refractivity contribution < 1.29 is 24.0 Å². The highest BCUT2D eigenvalue weighted by atomic mass is 32.1. The van der Waals surface area contributed by atoms with Crippen LogP contribution in [-0.2, 0) is 24.0 Å². The topological polar surface area (TPSA) is 147 Å². The van der Waals surface area contributed by atoms with Crippen LogP contribution in [0.15, 0.2) is 0 Å². The monoisotopic (exact) mass is 454 g/mol. The Morgan fingerprint density at radius 3 is 2.13 bits per heavy atom. The number of amides is 4. The lowest BCUT2D eigenvalue weighted by molar-refractivity contribution is -0.130. The third kappa shape index (κ3) is 16.9. The summed E-state index contributed by atoms with van der Waals surface area (Å²) in [4.78, 5) is 57.9. The van der Waals surface area contributed by atoms with Gasteiger partial charge in [0.2, 0.25) is 23.5 Å². The normalized spacial score (nSPS) is 10.9. The average Bonchev–Trinajstić information content (AvgIpc) is 2.73. The number of thiol groups is 1. The van der Waals surface area contributed by atoms with Gasteiger partial charge in [0.25, 0.3) is 5.91 Å². The molecule has 10 heteroatoms. The van der Waals surface area contributed by atoms with Gasteiger partial charge in [-0.05, 0) is 24.5 Å². The van der Waals surface area contributed by atoms with Crippen molar-refractivity contribution in [1.82, 2.24) is 16.0 Å². The van der Waals surface area contributed by atoms with Crippen molar-refractivity contribution in [3.63, 3.8) is 0 Å². The van der Waals surface area contributed by atoms with Crippen LogP contribution in [0.1, 0.15) is 64.7 Å². The predicted octanol–water partition coefficient (Wildman–Crippen LogP) is 0.222. The van der Waals surface area contributed by atoms with Crippen molar-refractivity contribution in [2.75, 3.05) is 18.8 Å². The number of nitrogens with one attached hydrogen (secondary N) is 3. The van der Waals surface area contributed by atoms with Gasteiger partial charge >= 0.3 is 0 Å². The number of rotatable bonds is 16. The Balaban J connectivity index is 4.23. The summed E-state index contributed by atoms with van der Waals surface area (Å²) < 4.78 is 0.